The van der Waals surface area contributed by atoms with Crippen LogP contribution in [0, 0.1) is 0 Å². The van der Waals surface area contributed by atoms with Gasteiger partial charge < -0.3 is 14.2 Å². The van der Waals surface area contributed by atoms with Crippen molar-refractivity contribution in [2.45, 2.75) is 0 Å². The second kappa shape index (κ2) is 5.43. The van der Waals surface area contributed by atoms with Crippen molar-refractivity contribution in [3.05, 3.63) is 53.1 Å². The number of ether oxygens (including phenoxy) is 3. The maximum Gasteiger partial charge on any atom is 0.343 e. The zero-order valence-electron chi connectivity index (χ0n) is 10.5. The Labute approximate surface area is 120 Å². The largest absolute Gasteiger partial charge is 0.486 e. The third-order valence-corrected chi connectivity index (χ3v) is 3.02. The number of rotatable bonds is 2. The van der Waals surface area contributed by atoms with Crippen LogP contribution in [-0.2, 0) is 0 Å². The van der Waals surface area contributed by atoms with E-state index >= 15 is 0 Å². The van der Waals surface area contributed by atoms with E-state index in [4.69, 9.17) is 25.8 Å². The Hall–Kier alpha value is -2.20. The van der Waals surface area contributed by atoms with Gasteiger partial charge in [-0.05, 0) is 30.3 Å². The van der Waals surface area contributed by atoms with Crippen LogP contribution in [0.1, 0.15) is 10.4 Å². The summed E-state index contributed by atoms with van der Waals surface area (Å²) in [5, 5.41) is 0.488. The highest BCUT2D eigenvalue weighted by atomic mass is 35.5. The molecule has 102 valence electrons. The van der Waals surface area contributed by atoms with Crippen LogP contribution in [-0.4, -0.2) is 19.2 Å². The van der Waals surface area contributed by atoms with Gasteiger partial charge in [-0.1, -0.05) is 17.7 Å². The number of hydrogen-bond acceptors (Lipinski definition) is 4. The van der Waals surface area contributed by atoms with Gasteiger partial charge in [-0.2, -0.15) is 0 Å². The summed E-state index contributed by atoms with van der Waals surface area (Å²) in [5.74, 6) is 1.16. The number of carbonyl (C=O) groups excluding carboxylic acids is 1. The number of fused-ring (bicyclic) bond motifs is 1. The monoisotopic (exact) mass is 290 g/mol. The molecule has 0 N–H and O–H groups in total. The highest BCUT2D eigenvalue weighted by Gasteiger charge is 2.14. The molecule has 0 fully saturated rings. The summed E-state index contributed by atoms with van der Waals surface area (Å²) in [5.41, 5.74) is 0.396. The van der Waals surface area contributed by atoms with Crippen molar-refractivity contribution in [3.63, 3.8) is 0 Å². The van der Waals surface area contributed by atoms with Crippen LogP contribution in [0.15, 0.2) is 42.5 Å². The summed E-state index contributed by atoms with van der Waals surface area (Å²) in [6.07, 6.45) is 0. The Morgan fingerprint density at radius 1 is 1.05 bits per heavy atom. The smallest absolute Gasteiger partial charge is 0.343 e. The minimum atomic E-state index is -0.468. The van der Waals surface area contributed by atoms with E-state index in [1.165, 1.54) is 0 Å². The van der Waals surface area contributed by atoms with Crippen LogP contribution in [0.25, 0.3) is 0 Å². The summed E-state index contributed by atoms with van der Waals surface area (Å²) in [7, 11) is 0. The second-order valence-corrected chi connectivity index (χ2v) is 4.64. The molecule has 3 rings (SSSR count). The van der Waals surface area contributed by atoms with E-state index in [9.17, 15) is 4.79 Å². The quantitative estimate of drug-likeness (QED) is 0.628. The summed E-state index contributed by atoms with van der Waals surface area (Å²) < 4.78 is 16.1. The first kappa shape index (κ1) is 12.8. The molecule has 0 bridgehead atoms. The van der Waals surface area contributed by atoms with Gasteiger partial charge in [0.25, 0.3) is 0 Å². The van der Waals surface area contributed by atoms with E-state index in [2.05, 4.69) is 0 Å². The summed E-state index contributed by atoms with van der Waals surface area (Å²) >= 11 is 5.84. The zero-order valence-corrected chi connectivity index (χ0v) is 11.2. The van der Waals surface area contributed by atoms with Gasteiger partial charge in [0, 0.05) is 11.1 Å². The van der Waals surface area contributed by atoms with Gasteiger partial charge >= 0.3 is 5.97 Å². The molecule has 1 aliphatic rings. The fourth-order valence-corrected chi connectivity index (χ4v) is 2.06. The predicted octanol–water partition coefficient (Wildman–Crippen LogP) is 3.33. The van der Waals surface area contributed by atoms with E-state index < -0.39 is 5.97 Å². The number of carbonyl (C=O) groups is 1. The normalized spacial score (nSPS) is 12.8. The van der Waals surface area contributed by atoms with Crippen LogP contribution in [0.3, 0.4) is 0 Å². The van der Waals surface area contributed by atoms with Crippen molar-refractivity contribution < 1.29 is 19.0 Å². The lowest BCUT2D eigenvalue weighted by atomic mass is 10.2. The van der Waals surface area contributed by atoms with Crippen molar-refractivity contribution in [1.82, 2.24) is 0 Å². The predicted molar refractivity (Wildman–Crippen MR) is 73.8 cm³/mol. The fourth-order valence-electron chi connectivity index (χ4n) is 1.87. The standard InChI is InChI=1S/C15H11ClO4/c16-11-3-1-2-10(8-11)15(17)20-12-4-5-13-14(9-12)19-7-6-18-13/h1-5,8-9H,6-7H2. The Morgan fingerprint density at radius 3 is 2.65 bits per heavy atom. The molecule has 0 saturated heterocycles. The van der Waals surface area contributed by atoms with Crippen molar-refractivity contribution >= 4 is 17.6 Å². The number of benzene rings is 2. The van der Waals surface area contributed by atoms with Crippen molar-refractivity contribution in [2.24, 2.45) is 0 Å². The van der Waals surface area contributed by atoms with Crippen LogP contribution >= 0.6 is 11.6 Å². The maximum atomic E-state index is 12.0. The highest BCUT2D eigenvalue weighted by molar-refractivity contribution is 6.30. The van der Waals surface area contributed by atoms with E-state index in [0.29, 0.717) is 41.0 Å². The van der Waals surface area contributed by atoms with E-state index in [1.807, 2.05) is 0 Å². The molecule has 0 aliphatic carbocycles. The molecule has 0 unspecified atom stereocenters. The van der Waals surface area contributed by atoms with Gasteiger partial charge in [0.05, 0.1) is 5.56 Å². The van der Waals surface area contributed by atoms with Gasteiger partial charge in [-0.3, -0.25) is 0 Å². The van der Waals surface area contributed by atoms with Crippen LogP contribution in [0.5, 0.6) is 17.2 Å². The molecule has 2 aromatic carbocycles. The van der Waals surface area contributed by atoms with Gasteiger partial charge in [0.1, 0.15) is 19.0 Å². The highest BCUT2D eigenvalue weighted by Crippen LogP contribution is 2.33. The molecule has 0 radical (unpaired) electrons. The topological polar surface area (TPSA) is 44.8 Å². The van der Waals surface area contributed by atoms with E-state index in [1.54, 1.807) is 42.5 Å². The molecule has 0 amide bonds. The summed E-state index contributed by atoms with van der Waals surface area (Å²) in [6, 6.07) is 11.6. The van der Waals surface area contributed by atoms with Crippen molar-refractivity contribution in [3.8, 4) is 17.2 Å². The van der Waals surface area contributed by atoms with Crippen LogP contribution < -0.4 is 14.2 Å². The Balaban J connectivity index is 1.79. The Bertz CT molecular complexity index is 654. The molecule has 0 atom stereocenters. The Kier molecular flexibility index (Phi) is 3.48. The molecule has 1 heterocycles. The number of hydrogen-bond donors (Lipinski definition) is 0. The third-order valence-electron chi connectivity index (χ3n) is 2.78. The molecule has 0 spiro atoms. The molecule has 0 saturated carbocycles. The lowest BCUT2D eigenvalue weighted by Gasteiger charge is -2.18. The third kappa shape index (κ3) is 2.70. The maximum absolute atomic E-state index is 12.0. The minimum Gasteiger partial charge on any atom is -0.486 e. The van der Waals surface area contributed by atoms with Crippen molar-refractivity contribution in [1.29, 1.82) is 0 Å². The molecule has 5 heteroatoms. The van der Waals surface area contributed by atoms with E-state index in [0.717, 1.165) is 0 Å². The SMILES string of the molecule is O=C(Oc1ccc2c(c1)OCCO2)c1cccc(Cl)c1. The van der Waals surface area contributed by atoms with Crippen LogP contribution in [0.4, 0.5) is 0 Å². The molecule has 20 heavy (non-hydrogen) atoms. The first-order valence-electron chi connectivity index (χ1n) is 6.10. The first-order chi connectivity index (χ1) is 9.72. The number of esters is 1. The summed E-state index contributed by atoms with van der Waals surface area (Å²) in [4.78, 5) is 12.0. The molecule has 2 aromatic rings. The zero-order chi connectivity index (χ0) is 13.9. The van der Waals surface area contributed by atoms with E-state index in [-0.39, 0.29) is 0 Å². The minimum absolute atomic E-state index is 0.396. The van der Waals surface area contributed by atoms with Gasteiger partial charge in [0.2, 0.25) is 0 Å². The molecule has 0 aromatic heterocycles. The second-order valence-electron chi connectivity index (χ2n) is 4.21. The van der Waals surface area contributed by atoms with Crippen LogP contribution in [0.2, 0.25) is 5.02 Å². The average molecular weight is 291 g/mol. The molecule has 4 nitrogen and oxygen atoms in total. The van der Waals surface area contributed by atoms with Gasteiger partial charge in [-0.15, -0.1) is 0 Å². The van der Waals surface area contributed by atoms with Gasteiger partial charge in [0.15, 0.2) is 11.5 Å². The first-order valence-corrected chi connectivity index (χ1v) is 6.47. The lowest BCUT2D eigenvalue weighted by molar-refractivity contribution is 0.0733. The average Bonchev–Trinajstić information content (AvgIpc) is 2.47. The lowest BCUT2D eigenvalue weighted by Crippen LogP contribution is -2.15. The van der Waals surface area contributed by atoms with Gasteiger partial charge in [-0.25, -0.2) is 4.79 Å². The Morgan fingerprint density at radius 2 is 1.85 bits per heavy atom. The molecular weight excluding hydrogens is 280 g/mol. The number of halogens is 1. The fraction of sp³-hybridized carbons (Fsp3) is 0.133. The molecular formula is C15H11ClO4. The summed E-state index contributed by atoms with van der Waals surface area (Å²) in [6.45, 7) is 1.01. The molecule has 1 aliphatic heterocycles. The van der Waals surface area contributed by atoms with Crippen molar-refractivity contribution in [2.75, 3.05) is 13.2 Å².